The van der Waals surface area contributed by atoms with E-state index in [-0.39, 0.29) is 0 Å². The van der Waals surface area contributed by atoms with Crippen LogP contribution in [0.3, 0.4) is 0 Å². The summed E-state index contributed by atoms with van der Waals surface area (Å²) < 4.78 is 0. The summed E-state index contributed by atoms with van der Waals surface area (Å²) in [7, 11) is 0. The fourth-order valence-electron chi connectivity index (χ4n) is 2.86. The van der Waals surface area contributed by atoms with Gasteiger partial charge in [-0.15, -0.1) is 23.5 Å². The molecule has 0 saturated heterocycles. The quantitative estimate of drug-likeness (QED) is 0.304. The first kappa shape index (κ1) is 22.0. The van der Waals surface area contributed by atoms with E-state index in [1.54, 1.807) is 0 Å². The molecule has 0 aromatic heterocycles. The number of unbranched alkanes of at least 4 members (excludes halogenated alkanes) is 2. The second kappa shape index (κ2) is 14.1. The van der Waals surface area contributed by atoms with E-state index < -0.39 is 0 Å². The number of hydrogen-bond donors (Lipinski definition) is 0. The molecule has 0 fully saturated rings. The first-order chi connectivity index (χ1) is 11.7. The number of rotatable bonds is 14. The smallest absolute Gasteiger partial charge is 0.00728 e. The molecule has 0 nitrogen and oxygen atoms in total. The molecule has 0 heterocycles. The predicted molar refractivity (Wildman–Crippen MR) is 115 cm³/mol. The van der Waals surface area contributed by atoms with Gasteiger partial charge in [-0.1, -0.05) is 66.2 Å². The van der Waals surface area contributed by atoms with Crippen LogP contribution in [-0.4, -0.2) is 11.5 Å². The fraction of sp³-hybridized carbons (Fsp3) is 0.727. The largest absolute Gasteiger partial charge is 0.126 e. The standard InChI is InChI=1S/C22H38S2/c1-5-9-11-19(7-3)17-23-21-13-15-22(16-14-21)24-18-20(8-4)12-10-6-2/h13-16,19-20H,5-12,17-18H2,1-4H3. The molecule has 0 bridgehead atoms. The van der Waals surface area contributed by atoms with Crippen LogP contribution in [0.25, 0.3) is 0 Å². The maximum atomic E-state index is 2.34. The number of benzene rings is 1. The summed E-state index contributed by atoms with van der Waals surface area (Å²) in [6, 6.07) is 9.30. The Morgan fingerprint density at radius 1 is 0.667 bits per heavy atom. The van der Waals surface area contributed by atoms with E-state index in [0.29, 0.717) is 0 Å². The lowest BCUT2D eigenvalue weighted by atomic mass is 10.0. The third-order valence-electron chi connectivity index (χ3n) is 4.88. The Morgan fingerprint density at radius 2 is 1.04 bits per heavy atom. The van der Waals surface area contributed by atoms with E-state index in [9.17, 15) is 0 Å². The van der Waals surface area contributed by atoms with Crippen molar-refractivity contribution in [1.29, 1.82) is 0 Å². The molecule has 1 rings (SSSR count). The number of hydrogen-bond acceptors (Lipinski definition) is 2. The van der Waals surface area contributed by atoms with Crippen molar-refractivity contribution in [3.05, 3.63) is 24.3 Å². The molecule has 2 unspecified atom stereocenters. The monoisotopic (exact) mass is 366 g/mol. The third-order valence-corrected chi connectivity index (χ3v) is 7.37. The molecule has 2 heteroatoms. The zero-order valence-electron chi connectivity index (χ0n) is 16.4. The highest BCUT2D eigenvalue weighted by atomic mass is 32.2. The van der Waals surface area contributed by atoms with Crippen molar-refractivity contribution in [2.75, 3.05) is 11.5 Å². The first-order valence-electron chi connectivity index (χ1n) is 10.1. The summed E-state index contributed by atoms with van der Waals surface area (Å²) in [5.74, 6) is 4.32. The summed E-state index contributed by atoms with van der Waals surface area (Å²) in [6.07, 6.45) is 10.8. The van der Waals surface area contributed by atoms with Gasteiger partial charge in [0.05, 0.1) is 0 Å². The molecule has 0 N–H and O–H groups in total. The maximum absolute atomic E-state index is 2.34. The molecule has 0 aliphatic rings. The van der Waals surface area contributed by atoms with Gasteiger partial charge in [0, 0.05) is 21.3 Å². The van der Waals surface area contributed by atoms with Crippen LogP contribution in [0.1, 0.15) is 79.1 Å². The Labute approximate surface area is 160 Å². The van der Waals surface area contributed by atoms with E-state index in [2.05, 4.69) is 52.0 Å². The van der Waals surface area contributed by atoms with Crippen molar-refractivity contribution in [1.82, 2.24) is 0 Å². The Morgan fingerprint density at radius 3 is 1.33 bits per heavy atom. The zero-order valence-corrected chi connectivity index (χ0v) is 18.0. The minimum absolute atomic E-state index is 0.882. The molecule has 2 atom stereocenters. The zero-order chi connectivity index (χ0) is 17.6. The molecule has 0 radical (unpaired) electrons. The van der Waals surface area contributed by atoms with Crippen LogP contribution in [0.4, 0.5) is 0 Å². The van der Waals surface area contributed by atoms with Gasteiger partial charge in [0.25, 0.3) is 0 Å². The summed E-state index contributed by atoms with van der Waals surface area (Å²) in [6.45, 7) is 9.26. The van der Waals surface area contributed by atoms with Crippen LogP contribution in [0, 0.1) is 11.8 Å². The molecule has 24 heavy (non-hydrogen) atoms. The molecular formula is C22H38S2. The normalized spacial score (nSPS) is 13.8. The topological polar surface area (TPSA) is 0 Å². The SMILES string of the molecule is CCCCC(CC)CSc1ccc(SCC(CC)CCCC)cc1. The van der Waals surface area contributed by atoms with Crippen LogP contribution in [-0.2, 0) is 0 Å². The van der Waals surface area contributed by atoms with E-state index in [1.807, 2.05) is 23.5 Å². The van der Waals surface area contributed by atoms with Crippen molar-refractivity contribution >= 4 is 23.5 Å². The third kappa shape index (κ3) is 9.42. The minimum atomic E-state index is 0.882. The van der Waals surface area contributed by atoms with Gasteiger partial charge in [0.1, 0.15) is 0 Å². The Hall–Kier alpha value is -0.0800. The van der Waals surface area contributed by atoms with Gasteiger partial charge in [-0.2, -0.15) is 0 Å². The summed E-state index contributed by atoms with van der Waals surface area (Å²) >= 11 is 4.09. The van der Waals surface area contributed by atoms with Gasteiger partial charge in [-0.25, -0.2) is 0 Å². The Kier molecular flexibility index (Phi) is 12.9. The maximum Gasteiger partial charge on any atom is 0.00728 e. The highest BCUT2D eigenvalue weighted by molar-refractivity contribution is 7.99. The average molecular weight is 367 g/mol. The molecule has 0 aliphatic carbocycles. The molecule has 0 spiro atoms. The van der Waals surface area contributed by atoms with Crippen LogP contribution in [0.5, 0.6) is 0 Å². The van der Waals surface area contributed by atoms with Crippen molar-refractivity contribution in [3.8, 4) is 0 Å². The van der Waals surface area contributed by atoms with E-state index in [4.69, 9.17) is 0 Å². The molecule has 0 aliphatic heterocycles. The number of thioether (sulfide) groups is 2. The molecule has 0 saturated carbocycles. The van der Waals surface area contributed by atoms with Crippen molar-refractivity contribution in [2.24, 2.45) is 11.8 Å². The Bertz CT molecular complexity index is 360. The van der Waals surface area contributed by atoms with Crippen LogP contribution >= 0.6 is 23.5 Å². The predicted octanol–water partition coefficient (Wildman–Crippen LogP) is 8.30. The van der Waals surface area contributed by atoms with Gasteiger partial charge in [-0.05, 0) is 48.9 Å². The van der Waals surface area contributed by atoms with Gasteiger partial charge in [0.2, 0.25) is 0 Å². The lowest BCUT2D eigenvalue weighted by molar-refractivity contribution is 0.499. The highest BCUT2D eigenvalue weighted by Crippen LogP contribution is 2.29. The van der Waals surface area contributed by atoms with Crippen LogP contribution in [0.15, 0.2) is 34.1 Å². The fourth-order valence-corrected chi connectivity index (χ4v) is 5.17. The Balaban J connectivity index is 2.36. The van der Waals surface area contributed by atoms with Crippen molar-refractivity contribution in [2.45, 2.75) is 88.9 Å². The van der Waals surface area contributed by atoms with Crippen molar-refractivity contribution in [3.63, 3.8) is 0 Å². The van der Waals surface area contributed by atoms with E-state index in [0.717, 1.165) is 11.8 Å². The van der Waals surface area contributed by atoms with Gasteiger partial charge < -0.3 is 0 Å². The molecule has 138 valence electrons. The molecule has 1 aromatic carbocycles. The van der Waals surface area contributed by atoms with Gasteiger partial charge in [-0.3, -0.25) is 0 Å². The average Bonchev–Trinajstić information content (AvgIpc) is 2.63. The van der Waals surface area contributed by atoms with Crippen molar-refractivity contribution < 1.29 is 0 Å². The van der Waals surface area contributed by atoms with Crippen LogP contribution in [0.2, 0.25) is 0 Å². The van der Waals surface area contributed by atoms with Gasteiger partial charge in [0.15, 0.2) is 0 Å². The lowest BCUT2D eigenvalue weighted by Crippen LogP contribution is -2.02. The molecular weight excluding hydrogens is 328 g/mol. The van der Waals surface area contributed by atoms with E-state index in [1.165, 1.54) is 72.7 Å². The summed E-state index contributed by atoms with van der Waals surface area (Å²) in [4.78, 5) is 2.87. The molecule has 1 aromatic rings. The highest BCUT2D eigenvalue weighted by Gasteiger charge is 2.08. The molecule has 0 amide bonds. The summed E-state index contributed by atoms with van der Waals surface area (Å²) in [5, 5.41) is 0. The second-order valence-corrected chi connectivity index (χ2v) is 9.11. The van der Waals surface area contributed by atoms with Crippen LogP contribution < -0.4 is 0 Å². The first-order valence-corrected chi connectivity index (χ1v) is 12.1. The lowest BCUT2D eigenvalue weighted by Gasteiger charge is -2.15. The summed E-state index contributed by atoms with van der Waals surface area (Å²) in [5.41, 5.74) is 0. The van der Waals surface area contributed by atoms with Gasteiger partial charge >= 0.3 is 0 Å². The van der Waals surface area contributed by atoms with E-state index >= 15 is 0 Å². The second-order valence-electron chi connectivity index (χ2n) is 6.93. The minimum Gasteiger partial charge on any atom is -0.126 e.